The number of rotatable bonds is 3. The average Bonchev–Trinajstić information content (AvgIpc) is 2.76. The molecule has 2 heterocycles. The number of nitrogens with zero attached hydrogens (tertiary/aromatic N) is 4. The SMILES string of the molecule is CCc1nccn1-c1cc([N+](=O)[O-])cc(Cl)n1. The van der Waals surface area contributed by atoms with Gasteiger partial charge in [-0.15, -0.1) is 0 Å². The van der Waals surface area contributed by atoms with Crippen molar-refractivity contribution in [1.29, 1.82) is 0 Å². The van der Waals surface area contributed by atoms with Crippen LogP contribution in [0.15, 0.2) is 24.5 Å². The molecule has 17 heavy (non-hydrogen) atoms. The van der Waals surface area contributed by atoms with Crippen molar-refractivity contribution in [2.45, 2.75) is 13.3 Å². The van der Waals surface area contributed by atoms with Gasteiger partial charge in [-0.3, -0.25) is 14.7 Å². The van der Waals surface area contributed by atoms with Gasteiger partial charge in [-0.25, -0.2) is 9.97 Å². The normalized spacial score (nSPS) is 10.5. The fourth-order valence-corrected chi connectivity index (χ4v) is 1.70. The molecule has 0 N–H and O–H groups in total. The van der Waals surface area contributed by atoms with Gasteiger partial charge >= 0.3 is 0 Å². The molecular formula is C10H9ClN4O2. The third-order valence-corrected chi connectivity index (χ3v) is 2.45. The third-order valence-electron chi connectivity index (χ3n) is 2.26. The number of hydrogen-bond donors (Lipinski definition) is 0. The van der Waals surface area contributed by atoms with E-state index in [0.717, 1.165) is 5.82 Å². The molecule has 0 aliphatic carbocycles. The molecule has 2 aromatic rings. The topological polar surface area (TPSA) is 73.8 Å². The molecule has 0 spiro atoms. The van der Waals surface area contributed by atoms with Crippen LogP contribution in [0.25, 0.3) is 5.82 Å². The minimum Gasteiger partial charge on any atom is -0.288 e. The van der Waals surface area contributed by atoms with Crippen molar-refractivity contribution in [3.05, 3.63) is 45.6 Å². The van der Waals surface area contributed by atoms with Gasteiger partial charge in [-0.1, -0.05) is 18.5 Å². The van der Waals surface area contributed by atoms with Crippen LogP contribution < -0.4 is 0 Å². The number of pyridine rings is 1. The Bertz CT molecular complexity index is 567. The fourth-order valence-electron chi connectivity index (χ4n) is 1.50. The summed E-state index contributed by atoms with van der Waals surface area (Å²) in [6.45, 7) is 1.94. The highest BCUT2D eigenvalue weighted by Crippen LogP contribution is 2.20. The molecule has 0 aromatic carbocycles. The van der Waals surface area contributed by atoms with Crippen molar-refractivity contribution >= 4 is 17.3 Å². The lowest BCUT2D eigenvalue weighted by Gasteiger charge is -2.05. The largest absolute Gasteiger partial charge is 0.288 e. The molecule has 2 rings (SSSR count). The van der Waals surface area contributed by atoms with Gasteiger partial charge in [0.2, 0.25) is 0 Å². The maximum atomic E-state index is 10.7. The fraction of sp³-hybridized carbons (Fsp3) is 0.200. The highest BCUT2D eigenvalue weighted by atomic mass is 35.5. The highest BCUT2D eigenvalue weighted by molar-refractivity contribution is 6.29. The summed E-state index contributed by atoms with van der Waals surface area (Å²) >= 11 is 5.76. The molecular weight excluding hydrogens is 244 g/mol. The molecule has 0 aliphatic heterocycles. The predicted molar refractivity (Wildman–Crippen MR) is 62.4 cm³/mol. The smallest absolute Gasteiger partial charge is 0.276 e. The maximum absolute atomic E-state index is 10.7. The number of aromatic nitrogens is 3. The van der Waals surface area contributed by atoms with Gasteiger partial charge in [0.1, 0.15) is 16.8 Å². The molecule has 0 radical (unpaired) electrons. The van der Waals surface area contributed by atoms with E-state index in [9.17, 15) is 10.1 Å². The van der Waals surface area contributed by atoms with Crippen LogP contribution in [0.4, 0.5) is 5.69 Å². The lowest BCUT2D eigenvalue weighted by Crippen LogP contribution is -2.02. The van der Waals surface area contributed by atoms with Gasteiger partial charge in [-0.05, 0) is 0 Å². The molecule has 7 heteroatoms. The number of nitro groups is 1. The number of hydrogen-bond acceptors (Lipinski definition) is 4. The molecule has 0 saturated heterocycles. The summed E-state index contributed by atoms with van der Waals surface area (Å²) in [7, 11) is 0. The van der Waals surface area contributed by atoms with Crippen molar-refractivity contribution in [2.75, 3.05) is 0 Å². The van der Waals surface area contributed by atoms with E-state index in [-0.39, 0.29) is 10.8 Å². The first-order chi connectivity index (χ1) is 8.11. The van der Waals surface area contributed by atoms with Gasteiger partial charge in [0.05, 0.1) is 17.1 Å². The van der Waals surface area contributed by atoms with Crippen LogP contribution in [0.3, 0.4) is 0 Å². The zero-order valence-electron chi connectivity index (χ0n) is 9.00. The summed E-state index contributed by atoms with van der Waals surface area (Å²) in [5.74, 6) is 1.17. The molecule has 0 atom stereocenters. The predicted octanol–water partition coefficient (Wildman–Crippen LogP) is 2.39. The Hall–Kier alpha value is -1.95. The first kappa shape index (κ1) is 11.5. The summed E-state index contributed by atoms with van der Waals surface area (Å²) in [4.78, 5) is 18.4. The third kappa shape index (κ3) is 2.26. The van der Waals surface area contributed by atoms with Gasteiger partial charge in [0.15, 0.2) is 0 Å². The lowest BCUT2D eigenvalue weighted by molar-refractivity contribution is -0.384. The minimum absolute atomic E-state index is 0.0873. The molecule has 0 aliphatic rings. The first-order valence-electron chi connectivity index (χ1n) is 4.96. The average molecular weight is 253 g/mol. The second-order valence-corrected chi connectivity index (χ2v) is 3.72. The first-order valence-corrected chi connectivity index (χ1v) is 5.34. The summed E-state index contributed by atoms with van der Waals surface area (Å²) in [5.41, 5.74) is -0.0873. The molecule has 0 bridgehead atoms. The van der Waals surface area contributed by atoms with E-state index in [2.05, 4.69) is 9.97 Å². The zero-order valence-corrected chi connectivity index (χ0v) is 9.76. The van der Waals surface area contributed by atoms with Gasteiger partial charge in [-0.2, -0.15) is 0 Å². The van der Waals surface area contributed by atoms with E-state index >= 15 is 0 Å². The second-order valence-electron chi connectivity index (χ2n) is 3.33. The summed E-state index contributed by atoms with van der Waals surface area (Å²) < 4.78 is 1.68. The standard InChI is InChI=1S/C10H9ClN4O2/c1-2-9-12-3-4-14(9)10-6-7(15(16)17)5-8(11)13-10/h3-6H,2H2,1H3. The van der Waals surface area contributed by atoms with Crippen LogP contribution in [-0.2, 0) is 6.42 Å². The Kier molecular flexibility index (Phi) is 3.06. The molecule has 0 fully saturated rings. The Morgan fingerprint density at radius 2 is 2.29 bits per heavy atom. The maximum Gasteiger partial charge on any atom is 0.276 e. The van der Waals surface area contributed by atoms with Gasteiger partial charge in [0.25, 0.3) is 5.69 Å². The van der Waals surface area contributed by atoms with Gasteiger partial charge < -0.3 is 0 Å². The van der Waals surface area contributed by atoms with Crippen molar-refractivity contribution in [2.24, 2.45) is 0 Å². The number of halogens is 1. The van der Waals surface area contributed by atoms with Crippen molar-refractivity contribution < 1.29 is 4.92 Å². The molecule has 6 nitrogen and oxygen atoms in total. The highest BCUT2D eigenvalue weighted by Gasteiger charge is 2.13. The Morgan fingerprint density at radius 1 is 1.53 bits per heavy atom. The van der Waals surface area contributed by atoms with E-state index < -0.39 is 4.92 Å². The van der Waals surface area contributed by atoms with Crippen LogP contribution in [-0.4, -0.2) is 19.5 Å². The van der Waals surface area contributed by atoms with Gasteiger partial charge in [0, 0.05) is 18.8 Å². The number of imidazole rings is 1. The summed E-state index contributed by atoms with van der Waals surface area (Å²) in [6, 6.07) is 2.58. The summed E-state index contributed by atoms with van der Waals surface area (Å²) in [6.07, 6.45) is 4.02. The Labute approximate surface area is 102 Å². The minimum atomic E-state index is -0.500. The van der Waals surface area contributed by atoms with Crippen LogP contribution in [0.2, 0.25) is 5.15 Å². The Balaban J connectivity index is 2.56. The van der Waals surface area contributed by atoms with E-state index in [0.29, 0.717) is 12.2 Å². The molecule has 0 amide bonds. The van der Waals surface area contributed by atoms with E-state index in [1.54, 1.807) is 17.0 Å². The van der Waals surface area contributed by atoms with Crippen LogP contribution in [0.1, 0.15) is 12.7 Å². The second kappa shape index (κ2) is 4.50. The van der Waals surface area contributed by atoms with E-state index in [1.165, 1.54) is 12.1 Å². The quantitative estimate of drug-likeness (QED) is 0.478. The zero-order chi connectivity index (χ0) is 12.4. The Morgan fingerprint density at radius 3 is 2.94 bits per heavy atom. The van der Waals surface area contributed by atoms with Crippen molar-refractivity contribution in [1.82, 2.24) is 14.5 Å². The van der Waals surface area contributed by atoms with Crippen LogP contribution in [0, 0.1) is 10.1 Å². The van der Waals surface area contributed by atoms with Crippen LogP contribution >= 0.6 is 11.6 Å². The van der Waals surface area contributed by atoms with E-state index in [1.807, 2.05) is 6.92 Å². The molecule has 0 unspecified atom stereocenters. The molecule has 2 aromatic heterocycles. The lowest BCUT2D eigenvalue weighted by atomic mass is 10.4. The van der Waals surface area contributed by atoms with Crippen molar-refractivity contribution in [3.63, 3.8) is 0 Å². The summed E-state index contributed by atoms with van der Waals surface area (Å²) in [5, 5.41) is 10.8. The van der Waals surface area contributed by atoms with Crippen molar-refractivity contribution in [3.8, 4) is 5.82 Å². The van der Waals surface area contributed by atoms with Crippen LogP contribution in [0.5, 0.6) is 0 Å². The molecule has 88 valence electrons. The monoisotopic (exact) mass is 252 g/mol. The molecule has 0 saturated carbocycles. The van der Waals surface area contributed by atoms with E-state index in [4.69, 9.17) is 11.6 Å². The number of aryl methyl sites for hydroxylation is 1.